The van der Waals surface area contributed by atoms with Gasteiger partial charge in [-0.25, -0.2) is 0 Å². The first-order valence-electron chi connectivity index (χ1n) is 5.62. The molecule has 3 nitrogen and oxygen atoms in total. The predicted molar refractivity (Wildman–Crippen MR) is 70.2 cm³/mol. The number of carboxylic acids is 1. The van der Waals surface area contributed by atoms with Crippen molar-refractivity contribution in [3.8, 4) is 0 Å². The number of rotatable bonds is 7. The minimum absolute atomic E-state index is 0.427. The van der Waals surface area contributed by atoms with Crippen molar-refractivity contribution in [2.75, 3.05) is 13.7 Å². The number of carboxylic acid groups (broad SMARTS) is 1. The van der Waals surface area contributed by atoms with Gasteiger partial charge in [-0.05, 0) is 37.0 Å². The van der Waals surface area contributed by atoms with Crippen molar-refractivity contribution in [1.82, 2.24) is 0 Å². The lowest BCUT2D eigenvalue weighted by Crippen LogP contribution is -2.11. The topological polar surface area (TPSA) is 46.5 Å². The van der Waals surface area contributed by atoms with Gasteiger partial charge in [0, 0.05) is 18.2 Å². The number of unbranched alkanes of at least 4 members (excludes halogenated alkanes) is 1. The molecule has 0 amide bonds. The molecule has 1 aromatic carbocycles. The molecule has 1 rings (SSSR count). The molecule has 4 heteroatoms. The van der Waals surface area contributed by atoms with Gasteiger partial charge in [0.1, 0.15) is 0 Å². The molecule has 0 heterocycles. The molecule has 0 radical (unpaired) electrons. The highest BCUT2D eigenvalue weighted by Gasteiger charge is 2.19. The van der Waals surface area contributed by atoms with E-state index in [1.54, 1.807) is 7.11 Å². The fourth-order valence-corrected chi connectivity index (χ4v) is 2.17. The Morgan fingerprint density at radius 2 is 2.24 bits per heavy atom. The molecule has 1 N–H and O–H groups in total. The molecule has 0 fully saturated rings. The van der Waals surface area contributed by atoms with Gasteiger partial charge in [0.25, 0.3) is 0 Å². The third-order valence-electron chi connectivity index (χ3n) is 2.64. The SMILES string of the molecule is COCCCCC(C(=O)O)c1cccc(Br)c1. The highest BCUT2D eigenvalue weighted by atomic mass is 79.9. The summed E-state index contributed by atoms with van der Waals surface area (Å²) in [6, 6.07) is 7.49. The summed E-state index contributed by atoms with van der Waals surface area (Å²) in [5, 5.41) is 9.23. The molecule has 1 atom stereocenters. The van der Waals surface area contributed by atoms with Crippen LogP contribution < -0.4 is 0 Å². The summed E-state index contributed by atoms with van der Waals surface area (Å²) in [6.45, 7) is 0.685. The summed E-state index contributed by atoms with van der Waals surface area (Å²) in [7, 11) is 1.66. The van der Waals surface area contributed by atoms with Gasteiger partial charge in [-0.15, -0.1) is 0 Å². The van der Waals surface area contributed by atoms with E-state index < -0.39 is 11.9 Å². The van der Waals surface area contributed by atoms with Crippen molar-refractivity contribution >= 4 is 21.9 Å². The van der Waals surface area contributed by atoms with Gasteiger partial charge < -0.3 is 9.84 Å². The van der Waals surface area contributed by atoms with Crippen LogP contribution in [0.3, 0.4) is 0 Å². The van der Waals surface area contributed by atoms with Crippen molar-refractivity contribution in [2.24, 2.45) is 0 Å². The Hall–Kier alpha value is -0.870. The minimum Gasteiger partial charge on any atom is -0.481 e. The maximum Gasteiger partial charge on any atom is 0.310 e. The minimum atomic E-state index is -0.763. The Labute approximate surface area is 110 Å². The van der Waals surface area contributed by atoms with Gasteiger partial charge in [0.05, 0.1) is 5.92 Å². The first-order chi connectivity index (χ1) is 8.15. The van der Waals surface area contributed by atoms with Crippen LogP contribution in [0.15, 0.2) is 28.7 Å². The van der Waals surface area contributed by atoms with Crippen LogP contribution >= 0.6 is 15.9 Å². The average Bonchev–Trinajstić information content (AvgIpc) is 2.28. The first kappa shape index (κ1) is 14.2. The van der Waals surface area contributed by atoms with E-state index in [4.69, 9.17) is 4.74 Å². The highest BCUT2D eigenvalue weighted by molar-refractivity contribution is 9.10. The molecule has 0 bridgehead atoms. The second kappa shape index (κ2) is 7.45. The first-order valence-corrected chi connectivity index (χ1v) is 6.41. The van der Waals surface area contributed by atoms with Gasteiger partial charge in [-0.2, -0.15) is 0 Å². The summed E-state index contributed by atoms with van der Waals surface area (Å²) >= 11 is 3.36. The lowest BCUT2D eigenvalue weighted by Gasteiger charge is -2.12. The zero-order valence-electron chi connectivity index (χ0n) is 9.86. The molecule has 94 valence electrons. The number of carbonyl (C=O) groups is 1. The summed E-state index contributed by atoms with van der Waals surface area (Å²) in [6.07, 6.45) is 2.40. The molecular weight excluding hydrogens is 284 g/mol. The van der Waals surface area contributed by atoms with Crippen LogP contribution in [-0.4, -0.2) is 24.8 Å². The largest absolute Gasteiger partial charge is 0.481 e. The summed E-state index contributed by atoms with van der Waals surface area (Å²) < 4.78 is 5.87. The summed E-state index contributed by atoms with van der Waals surface area (Å²) in [5.74, 6) is -1.19. The zero-order valence-corrected chi connectivity index (χ0v) is 11.4. The van der Waals surface area contributed by atoms with Crippen molar-refractivity contribution in [2.45, 2.75) is 25.2 Å². The molecular formula is C13H17BrO3. The standard InChI is InChI=1S/C13H17BrO3/c1-17-8-3-2-7-12(13(15)16)10-5-4-6-11(14)9-10/h4-6,9,12H,2-3,7-8H2,1H3,(H,15,16). The molecule has 17 heavy (non-hydrogen) atoms. The summed E-state index contributed by atoms with van der Waals surface area (Å²) in [4.78, 5) is 11.2. The van der Waals surface area contributed by atoms with E-state index in [0.717, 1.165) is 22.9 Å². The maximum absolute atomic E-state index is 11.2. The Balaban J connectivity index is 2.63. The maximum atomic E-state index is 11.2. The number of aliphatic carboxylic acids is 1. The third-order valence-corrected chi connectivity index (χ3v) is 3.13. The number of methoxy groups -OCH3 is 1. The van der Waals surface area contributed by atoms with E-state index in [9.17, 15) is 9.90 Å². The normalized spacial score (nSPS) is 12.4. The Morgan fingerprint density at radius 1 is 1.47 bits per heavy atom. The second-order valence-corrected chi connectivity index (χ2v) is 4.85. The molecule has 0 saturated carbocycles. The summed E-state index contributed by atoms with van der Waals surface area (Å²) in [5.41, 5.74) is 0.851. The van der Waals surface area contributed by atoms with Crippen molar-refractivity contribution in [3.63, 3.8) is 0 Å². The number of hydrogen-bond acceptors (Lipinski definition) is 2. The molecule has 1 unspecified atom stereocenters. The van der Waals surface area contributed by atoms with Crippen LogP contribution in [-0.2, 0) is 9.53 Å². The lowest BCUT2D eigenvalue weighted by atomic mass is 9.94. The number of hydrogen-bond donors (Lipinski definition) is 1. The predicted octanol–water partition coefficient (Wildman–Crippen LogP) is 3.43. The van der Waals surface area contributed by atoms with E-state index in [2.05, 4.69) is 15.9 Å². The molecule has 0 aliphatic rings. The van der Waals surface area contributed by atoms with E-state index in [1.165, 1.54) is 0 Å². The quantitative estimate of drug-likeness (QED) is 0.785. The van der Waals surface area contributed by atoms with Crippen molar-refractivity contribution in [1.29, 1.82) is 0 Å². The lowest BCUT2D eigenvalue weighted by molar-refractivity contribution is -0.139. The fraction of sp³-hybridized carbons (Fsp3) is 0.462. The number of ether oxygens (including phenoxy) is 1. The highest BCUT2D eigenvalue weighted by Crippen LogP contribution is 2.25. The number of halogens is 1. The van der Waals surface area contributed by atoms with Crippen molar-refractivity contribution in [3.05, 3.63) is 34.3 Å². The van der Waals surface area contributed by atoms with Gasteiger partial charge in [0.15, 0.2) is 0 Å². The van der Waals surface area contributed by atoms with Gasteiger partial charge >= 0.3 is 5.97 Å². The van der Waals surface area contributed by atoms with E-state index in [-0.39, 0.29) is 0 Å². The van der Waals surface area contributed by atoms with Crippen LogP contribution in [0.5, 0.6) is 0 Å². The number of benzene rings is 1. The van der Waals surface area contributed by atoms with Crippen LogP contribution in [0.1, 0.15) is 30.7 Å². The Kier molecular flexibility index (Phi) is 6.22. The van der Waals surface area contributed by atoms with E-state index >= 15 is 0 Å². The Morgan fingerprint density at radius 3 is 2.82 bits per heavy atom. The van der Waals surface area contributed by atoms with Crippen LogP contribution in [0.2, 0.25) is 0 Å². The average molecular weight is 301 g/mol. The molecule has 1 aromatic rings. The Bertz CT molecular complexity index is 365. The smallest absolute Gasteiger partial charge is 0.310 e. The zero-order chi connectivity index (χ0) is 12.7. The molecule has 0 aromatic heterocycles. The molecule has 0 aliphatic carbocycles. The van der Waals surface area contributed by atoms with Gasteiger partial charge in [0.2, 0.25) is 0 Å². The van der Waals surface area contributed by atoms with Crippen LogP contribution in [0.4, 0.5) is 0 Å². The molecule has 0 aliphatic heterocycles. The molecule has 0 saturated heterocycles. The third kappa shape index (κ3) is 4.88. The second-order valence-electron chi connectivity index (χ2n) is 3.93. The van der Waals surface area contributed by atoms with Crippen LogP contribution in [0, 0.1) is 0 Å². The van der Waals surface area contributed by atoms with Gasteiger partial charge in [-0.3, -0.25) is 4.79 Å². The van der Waals surface area contributed by atoms with Crippen molar-refractivity contribution < 1.29 is 14.6 Å². The molecule has 0 spiro atoms. The van der Waals surface area contributed by atoms with E-state index in [1.807, 2.05) is 24.3 Å². The monoisotopic (exact) mass is 300 g/mol. The van der Waals surface area contributed by atoms with E-state index in [0.29, 0.717) is 13.0 Å². The van der Waals surface area contributed by atoms with Crippen LogP contribution in [0.25, 0.3) is 0 Å². The van der Waals surface area contributed by atoms with Gasteiger partial charge in [-0.1, -0.05) is 28.1 Å². The fourth-order valence-electron chi connectivity index (χ4n) is 1.75.